The molecule has 2 aliphatic heterocycles. The van der Waals surface area contributed by atoms with Crippen molar-refractivity contribution in [2.45, 2.75) is 57.7 Å². The summed E-state index contributed by atoms with van der Waals surface area (Å²) < 4.78 is 13.8. The summed E-state index contributed by atoms with van der Waals surface area (Å²) in [4.78, 5) is 37.7. The van der Waals surface area contributed by atoms with E-state index in [2.05, 4.69) is 21.5 Å². The first kappa shape index (κ1) is 26.2. The number of nitrogens with zero attached hydrogens (tertiary/aromatic N) is 5. The first-order chi connectivity index (χ1) is 18.1. The molecule has 2 amide bonds. The van der Waals surface area contributed by atoms with Gasteiger partial charge in [-0.15, -0.1) is 0 Å². The van der Waals surface area contributed by atoms with Crippen molar-refractivity contribution >= 4 is 17.6 Å². The number of aromatic nitrogens is 3. The predicted molar refractivity (Wildman–Crippen MR) is 144 cm³/mol. The highest BCUT2D eigenvalue weighted by atomic mass is 16.6. The van der Waals surface area contributed by atoms with Crippen LogP contribution in [0.25, 0.3) is 17.0 Å². The number of fused-ring (bicyclic) bond motifs is 1. The molecule has 2 saturated heterocycles. The van der Waals surface area contributed by atoms with Crippen molar-refractivity contribution in [3.63, 3.8) is 0 Å². The highest BCUT2D eigenvalue weighted by molar-refractivity contribution is 5.82. The third kappa shape index (κ3) is 5.83. The Kier molecular flexibility index (Phi) is 7.13. The van der Waals surface area contributed by atoms with Gasteiger partial charge in [0.05, 0.1) is 29.8 Å². The molecule has 5 heterocycles. The maximum atomic E-state index is 12.8. The Labute approximate surface area is 223 Å². The molecule has 0 radical (unpaired) electrons. The smallest absolute Gasteiger partial charge is 0.410 e. The van der Waals surface area contributed by atoms with E-state index >= 15 is 0 Å². The highest BCUT2D eigenvalue weighted by Gasteiger charge is 2.43. The molecule has 2 fully saturated rings. The normalized spacial score (nSPS) is 19.2. The zero-order valence-corrected chi connectivity index (χ0v) is 22.7. The maximum absolute atomic E-state index is 12.8. The summed E-state index contributed by atoms with van der Waals surface area (Å²) >= 11 is 0. The summed E-state index contributed by atoms with van der Waals surface area (Å²) in [6.45, 7) is 7.43. The second kappa shape index (κ2) is 10.4. The SMILES string of the molecule is CN(CC(=O)N1CCC2(CC1)CC(Cc1cccc(-c3cnc4ccccn34)n1)CO2)C(=O)OC(C)(C)C. The molecule has 0 saturated carbocycles. The molecule has 9 nitrogen and oxygen atoms in total. The lowest BCUT2D eigenvalue weighted by molar-refractivity contribution is -0.136. The zero-order valence-electron chi connectivity index (χ0n) is 22.7. The van der Waals surface area contributed by atoms with E-state index in [1.54, 1.807) is 7.05 Å². The lowest BCUT2D eigenvalue weighted by Crippen LogP contribution is -2.49. The number of rotatable bonds is 5. The van der Waals surface area contributed by atoms with Crippen molar-refractivity contribution in [3.05, 3.63) is 54.5 Å². The van der Waals surface area contributed by atoms with Crippen molar-refractivity contribution in [2.24, 2.45) is 5.92 Å². The summed E-state index contributed by atoms with van der Waals surface area (Å²) in [7, 11) is 1.60. The molecular formula is C29H37N5O4. The number of carbonyl (C=O) groups is 2. The summed E-state index contributed by atoms with van der Waals surface area (Å²) in [5.41, 5.74) is 3.08. The Morgan fingerprint density at radius 2 is 1.95 bits per heavy atom. The minimum absolute atomic E-state index is 0.0138. The van der Waals surface area contributed by atoms with Gasteiger partial charge in [-0.05, 0) is 76.6 Å². The number of likely N-dealkylation sites (tertiary alicyclic amines) is 1. The molecule has 0 aliphatic carbocycles. The van der Waals surface area contributed by atoms with Crippen LogP contribution in [0.2, 0.25) is 0 Å². The van der Waals surface area contributed by atoms with Crippen LogP contribution in [0, 0.1) is 5.92 Å². The number of ether oxygens (including phenoxy) is 2. The molecule has 1 atom stereocenters. The third-order valence-electron chi connectivity index (χ3n) is 7.37. The number of imidazole rings is 1. The van der Waals surface area contributed by atoms with Gasteiger partial charge in [0.15, 0.2) is 0 Å². The number of pyridine rings is 2. The van der Waals surface area contributed by atoms with E-state index in [0.717, 1.165) is 48.4 Å². The van der Waals surface area contributed by atoms with Gasteiger partial charge >= 0.3 is 6.09 Å². The molecular weight excluding hydrogens is 482 g/mol. The quantitative estimate of drug-likeness (QED) is 0.502. The molecule has 202 valence electrons. The van der Waals surface area contributed by atoms with Crippen LogP contribution in [0.1, 0.15) is 45.7 Å². The Hall–Kier alpha value is -3.46. The largest absolute Gasteiger partial charge is 0.444 e. The van der Waals surface area contributed by atoms with Gasteiger partial charge in [0, 0.05) is 32.0 Å². The van der Waals surface area contributed by atoms with Crippen LogP contribution in [-0.4, -0.2) is 80.7 Å². The summed E-state index contributed by atoms with van der Waals surface area (Å²) in [5.74, 6) is 0.330. The Morgan fingerprint density at radius 3 is 2.71 bits per heavy atom. The van der Waals surface area contributed by atoms with Gasteiger partial charge in [-0.1, -0.05) is 12.1 Å². The summed E-state index contributed by atoms with van der Waals surface area (Å²) in [5, 5.41) is 0. The molecule has 1 unspecified atom stereocenters. The van der Waals surface area contributed by atoms with Gasteiger partial charge < -0.3 is 19.3 Å². The van der Waals surface area contributed by atoms with Gasteiger partial charge in [-0.2, -0.15) is 0 Å². The van der Waals surface area contributed by atoms with E-state index in [4.69, 9.17) is 14.5 Å². The van der Waals surface area contributed by atoms with Crippen LogP contribution in [0.15, 0.2) is 48.8 Å². The lowest BCUT2D eigenvalue weighted by Gasteiger charge is -2.39. The maximum Gasteiger partial charge on any atom is 0.410 e. The standard InChI is InChI=1S/C29H37N5O4/c1-28(2,3)38-27(36)32(4)19-26(35)33-14-11-29(12-15-33)17-21(20-37-29)16-22-8-7-9-23(31-22)24-18-30-25-10-5-6-13-34(24)25/h5-10,13,18,21H,11-12,14-17,19-20H2,1-4H3. The molecule has 0 aromatic carbocycles. The van der Waals surface area contributed by atoms with Crippen molar-refractivity contribution in [1.82, 2.24) is 24.2 Å². The molecule has 38 heavy (non-hydrogen) atoms. The zero-order chi connectivity index (χ0) is 26.9. The van der Waals surface area contributed by atoms with Crippen LogP contribution in [0.4, 0.5) is 4.79 Å². The van der Waals surface area contributed by atoms with E-state index in [1.807, 2.05) is 62.3 Å². The average Bonchev–Trinajstić information content (AvgIpc) is 3.48. The van der Waals surface area contributed by atoms with Crippen LogP contribution >= 0.6 is 0 Å². The lowest BCUT2D eigenvalue weighted by atomic mass is 9.84. The van der Waals surface area contributed by atoms with Crippen LogP contribution < -0.4 is 0 Å². The molecule has 9 heteroatoms. The minimum atomic E-state index is -0.590. The van der Waals surface area contributed by atoms with Crippen molar-refractivity contribution < 1.29 is 19.1 Å². The fourth-order valence-electron chi connectivity index (χ4n) is 5.44. The van der Waals surface area contributed by atoms with E-state index in [-0.39, 0.29) is 18.1 Å². The monoisotopic (exact) mass is 519 g/mol. The Balaban J connectivity index is 1.14. The van der Waals surface area contributed by atoms with Gasteiger partial charge in [0.1, 0.15) is 17.8 Å². The van der Waals surface area contributed by atoms with Crippen LogP contribution in [0.3, 0.4) is 0 Å². The molecule has 1 spiro atoms. The first-order valence-electron chi connectivity index (χ1n) is 13.4. The number of piperidine rings is 1. The van der Waals surface area contributed by atoms with E-state index < -0.39 is 11.7 Å². The van der Waals surface area contributed by atoms with E-state index in [9.17, 15) is 9.59 Å². The second-order valence-corrected chi connectivity index (χ2v) is 11.6. The predicted octanol–water partition coefficient (Wildman–Crippen LogP) is 4.20. The molecule has 3 aromatic rings. The van der Waals surface area contributed by atoms with Crippen molar-refractivity contribution in [1.29, 1.82) is 0 Å². The molecule has 0 bridgehead atoms. The topological polar surface area (TPSA) is 89.3 Å². The third-order valence-corrected chi connectivity index (χ3v) is 7.37. The number of carbonyl (C=O) groups excluding carboxylic acids is 2. The van der Waals surface area contributed by atoms with Crippen LogP contribution in [-0.2, 0) is 20.7 Å². The van der Waals surface area contributed by atoms with Crippen molar-refractivity contribution in [2.75, 3.05) is 33.3 Å². The average molecular weight is 520 g/mol. The fraction of sp³-hybridized carbons (Fsp3) is 0.517. The highest BCUT2D eigenvalue weighted by Crippen LogP contribution is 2.39. The molecule has 5 rings (SSSR count). The van der Waals surface area contributed by atoms with Gasteiger partial charge in [-0.25, -0.2) is 9.78 Å². The summed E-state index contributed by atoms with van der Waals surface area (Å²) in [6.07, 6.45) is 6.83. The van der Waals surface area contributed by atoms with Crippen LogP contribution in [0.5, 0.6) is 0 Å². The van der Waals surface area contributed by atoms with E-state index in [1.165, 1.54) is 4.90 Å². The molecule has 3 aromatic heterocycles. The number of hydrogen-bond acceptors (Lipinski definition) is 6. The summed E-state index contributed by atoms with van der Waals surface area (Å²) in [6, 6.07) is 12.1. The number of hydrogen-bond donors (Lipinski definition) is 0. The number of amides is 2. The first-order valence-corrected chi connectivity index (χ1v) is 13.4. The molecule has 0 N–H and O–H groups in total. The van der Waals surface area contributed by atoms with Gasteiger partial charge in [0.25, 0.3) is 0 Å². The Morgan fingerprint density at radius 1 is 1.16 bits per heavy atom. The van der Waals surface area contributed by atoms with Gasteiger partial charge in [-0.3, -0.25) is 14.2 Å². The van der Waals surface area contributed by atoms with Gasteiger partial charge in [0.2, 0.25) is 5.91 Å². The minimum Gasteiger partial charge on any atom is -0.444 e. The number of likely N-dealkylation sites (N-methyl/N-ethyl adjacent to an activating group) is 1. The van der Waals surface area contributed by atoms with E-state index in [0.29, 0.717) is 25.6 Å². The fourth-order valence-corrected chi connectivity index (χ4v) is 5.44. The Bertz CT molecular complexity index is 1310. The molecule has 2 aliphatic rings. The van der Waals surface area contributed by atoms with Crippen molar-refractivity contribution in [3.8, 4) is 11.4 Å². The second-order valence-electron chi connectivity index (χ2n) is 11.6.